The van der Waals surface area contributed by atoms with Crippen LogP contribution in [0.25, 0.3) is 0 Å². The summed E-state index contributed by atoms with van der Waals surface area (Å²) in [4.78, 5) is 10.9. The summed E-state index contributed by atoms with van der Waals surface area (Å²) < 4.78 is 0. The van der Waals surface area contributed by atoms with Crippen molar-refractivity contribution in [2.45, 2.75) is 27.2 Å². The standard InChI is InChI=1S/C13H19NO2/c1-4-11(13(15)16)8-14-12-6-5-9(2)7-10(12)3/h5-7,11,14H,4,8H2,1-3H3,(H,15,16). The second-order valence-corrected chi connectivity index (χ2v) is 4.14. The number of aliphatic carboxylic acids is 1. The average molecular weight is 221 g/mol. The highest BCUT2D eigenvalue weighted by molar-refractivity contribution is 5.70. The van der Waals surface area contributed by atoms with Gasteiger partial charge in [-0.25, -0.2) is 0 Å². The molecular weight excluding hydrogens is 202 g/mol. The summed E-state index contributed by atoms with van der Waals surface area (Å²) in [6.45, 7) is 6.44. The molecule has 0 bridgehead atoms. The summed E-state index contributed by atoms with van der Waals surface area (Å²) in [5, 5.41) is 12.1. The molecule has 0 amide bonds. The van der Waals surface area contributed by atoms with Gasteiger partial charge in [0.05, 0.1) is 5.92 Å². The van der Waals surface area contributed by atoms with Gasteiger partial charge in [0.25, 0.3) is 0 Å². The van der Waals surface area contributed by atoms with Crippen molar-refractivity contribution in [3.05, 3.63) is 29.3 Å². The van der Waals surface area contributed by atoms with Crippen molar-refractivity contribution in [2.24, 2.45) is 5.92 Å². The number of aryl methyl sites for hydroxylation is 2. The Bertz CT molecular complexity index is 374. The van der Waals surface area contributed by atoms with Crippen molar-refractivity contribution < 1.29 is 9.90 Å². The lowest BCUT2D eigenvalue weighted by atomic mass is 10.1. The van der Waals surface area contributed by atoms with Crippen molar-refractivity contribution in [2.75, 3.05) is 11.9 Å². The highest BCUT2D eigenvalue weighted by Gasteiger charge is 2.14. The fourth-order valence-corrected chi connectivity index (χ4v) is 1.65. The van der Waals surface area contributed by atoms with Gasteiger partial charge in [0.15, 0.2) is 0 Å². The van der Waals surface area contributed by atoms with Crippen LogP contribution in [-0.4, -0.2) is 17.6 Å². The van der Waals surface area contributed by atoms with Crippen LogP contribution in [-0.2, 0) is 4.79 Å². The second kappa shape index (κ2) is 5.54. The van der Waals surface area contributed by atoms with Crippen molar-refractivity contribution >= 4 is 11.7 Å². The smallest absolute Gasteiger partial charge is 0.308 e. The molecule has 0 spiro atoms. The zero-order valence-electron chi connectivity index (χ0n) is 10.1. The monoisotopic (exact) mass is 221 g/mol. The molecule has 1 aromatic rings. The first kappa shape index (κ1) is 12.6. The van der Waals surface area contributed by atoms with Gasteiger partial charge in [-0.2, -0.15) is 0 Å². The van der Waals surface area contributed by atoms with E-state index in [1.165, 1.54) is 5.56 Å². The largest absolute Gasteiger partial charge is 0.481 e. The Labute approximate surface area is 96.5 Å². The third-order valence-electron chi connectivity index (χ3n) is 2.76. The SMILES string of the molecule is CCC(CNc1ccc(C)cc1C)C(=O)O. The average Bonchev–Trinajstić information content (AvgIpc) is 2.21. The van der Waals surface area contributed by atoms with Crippen LogP contribution in [0.2, 0.25) is 0 Å². The number of hydrogen-bond acceptors (Lipinski definition) is 2. The van der Waals surface area contributed by atoms with E-state index in [2.05, 4.69) is 11.4 Å². The lowest BCUT2D eigenvalue weighted by molar-refractivity contribution is -0.141. The Morgan fingerprint density at radius 3 is 2.62 bits per heavy atom. The molecule has 2 N–H and O–H groups in total. The Balaban J connectivity index is 2.63. The van der Waals surface area contributed by atoms with Gasteiger partial charge in [-0.15, -0.1) is 0 Å². The Morgan fingerprint density at radius 1 is 1.44 bits per heavy atom. The second-order valence-electron chi connectivity index (χ2n) is 4.14. The molecule has 88 valence electrons. The number of carbonyl (C=O) groups is 1. The topological polar surface area (TPSA) is 49.3 Å². The number of benzene rings is 1. The Morgan fingerprint density at radius 2 is 2.12 bits per heavy atom. The fraction of sp³-hybridized carbons (Fsp3) is 0.462. The number of rotatable bonds is 5. The number of carboxylic acid groups (broad SMARTS) is 1. The Hall–Kier alpha value is -1.51. The highest BCUT2D eigenvalue weighted by atomic mass is 16.4. The van der Waals surface area contributed by atoms with Crippen molar-refractivity contribution in [3.8, 4) is 0 Å². The van der Waals surface area contributed by atoms with Crippen LogP contribution in [0, 0.1) is 19.8 Å². The molecule has 3 heteroatoms. The summed E-state index contributed by atoms with van der Waals surface area (Å²) in [7, 11) is 0. The molecule has 16 heavy (non-hydrogen) atoms. The van der Waals surface area contributed by atoms with E-state index in [9.17, 15) is 4.79 Å². The highest BCUT2D eigenvalue weighted by Crippen LogP contribution is 2.16. The predicted molar refractivity (Wildman–Crippen MR) is 65.8 cm³/mol. The van der Waals surface area contributed by atoms with Crippen molar-refractivity contribution in [1.82, 2.24) is 0 Å². The van der Waals surface area contributed by atoms with Crippen LogP contribution < -0.4 is 5.32 Å². The molecule has 0 radical (unpaired) electrons. The maximum atomic E-state index is 10.9. The van der Waals surface area contributed by atoms with E-state index in [-0.39, 0.29) is 5.92 Å². The molecule has 1 unspecified atom stereocenters. The predicted octanol–water partition coefficient (Wildman–Crippen LogP) is 2.83. The molecule has 3 nitrogen and oxygen atoms in total. The maximum Gasteiger partial charge on any atom is 0.308 e. The quantitative estimate of drug-likeness (QED) is 0.803. The molecular formula is C13H19NO2. The van der Waals surface area contributed by atoms with Gasteiger partial charge in [-0.05, 0) is 31.9 Å². The first-order valence-corrected chi connectivity index (χ1v) is 5.58. The van der Waals surface area contributed by atoms with Gasteiger partial charge in [0.2, 0.25) is 0 Å². The van der Waals surface area contributed by atoms with E-state index in [0.717, 1.165) is 11.3 Å². The van der Waals surface area contributed by atoms with Crippen molar-refractivity contribution in [1.29, 1.82) is 0 Å². The molecule has 1 aromatic carbocycles. The van der Waals surface area contributed by atoms with E-state index in [0.29, 0.717) is 13.0 Å². The first-order chi connectivity index (χ1) is 7.54. The van der Waals surface area contributed by atoms with Crippen LogP contribution >= 0.6 is 0 Å². The van der Waals surface area contributed by atoms with Gasteiger partial charge in [0.1, 0.15) is 0 Å². The number of carboxylic acids is 1. The van der Waals surface area contributed by atoms with Crippen LogP contribution in [0.4, 0.5) is 5.69 Å². The first-order valence-electron chi connectivity index (χ1n) is 5.58. The van der Waals surface area contributed by atoms with Crippen molar-refractivity contribution in [3.63, 3.8) is 0 Å². The van der Waals surface area contributed by atoms with E-state index in [4.69, 9.17) is 5.11 Å². The fourth-order valence-electron chi connectivity index (χ4n) is 1.65. The summed E-state index contributed by atoms with van der Waals surface area (Å²) in [5.41, 5.74) is 3.39. The normalized spacial score (nSPS) is 12.2. The number of anilines is 1. The van der Waals surface area contributed by atoms with E-state index in [1.807, 2.05) is 32.9 Å². The van der Waals surface area contributed by atoms with Crippen LogP contribution in [0.3, 0.4) is 0 Å². The minimum atomic E-state index is -0.736. The molecule has 0 aliphatic heterocycles. The third-order valence-corrected chi connectivity index (χ3v) is 2.76. The van der Waals surface area contributed by atoms with Crippen LogP contribution in [0.1, 0.15) is 24.5 Å². The van der Waals surface area contributed by atoms with Gasteiger partial charge >= 0.3 is 5.97 Å². The van der Waals surface area contributed by atoms with E-state index in [1.54, 1.807) is 0 Å². The molecule has 0 saturated heterocycles. The van der Waals surface area contributed by atoms with Crippen LogP contribution in [0.15, 0.2) is 18.2 Å². The molecule has 0 heterocycles. The number of nitrogens with one attached hydrogen (secondary N) is 1. The molecule has 0 aliphatic rings. The zero-order chi connectivity index (χ0) is 12.1. The van der Waals surface area contributed by atoms with Gasteiger partial charge in [0, 0.05) is 12.2 Å². The van der Waals surface area contributed by atoms with Gasteiger partial charge in [-0.1, -0.05) is 24.6 Å². The van der Waals surface area contributed by atoms with E-state index >= 15 is 0 Å². The molecule has 0 aliphatic carbocycles. The maximum absolute atomic E-state index is 10.9. The molecule has 0 aromatic heterocycles. The number of hydrogen-bond donors (Lipinski definition) is 2. The summed E-state index contributed by atoms with van der Waals surface area (Å²) in [5.74, 6) is -1.06. The third kappa shape index (κ3) is 3.26. The van der Waals surface area contributed by atoms with E-state index < -0.39 is 5.97 Å². The molecule has 0 fully saturated rings. The minimum Gasteiger partial charge on any atom is -0.481 e. The lowest BCUT2D eigenvalue weighted by Crippen LogP contribution is -2.22. The molecule has 1 rings (SSSR count). The summed E-state index contributed by atoms with van der Waals surface area (Å²) >= 11 is 0. The van der Waals surface area contributed by atoms with Gasteiger partial charge < -0.3 is 10.4 Å². The minimum absolute atomic E-state index is 0.319. The van der Waals surface area contributed by atoms with Gasteiger partial charge in [-0.3, -0.25) is 4.79 Å². The Kier molecular flexibility index (Phi) is 4.35. The zero-order valence-corrected chi connectivity index (χ0v) is 10.1. The lowest BCUT2D eigenvalue weighted by Gasteiger charge is -2.14. The summed E-state index contributed by atoms with van der Waals surface area (Å²) in [6.07, 6.45) is 0.646. The summed E-state index contributed by atoms with van der Waals surface area (Å²) in [6, 6.07) is 6.11. The molecule has 0 saturated carbocycles. The molecule has 1 atom stereocenters. The van der Waals surface area contributed by atoms with Crippen LogP contribution in [0.5, 0.6) is 0 Å².